The molecule has 0 aliphatic carbocycles. The van der Waals surface area contributed by atoms with Crippen LogP contribution in [-0.2, 0) is 0 Å². The molecule has 0 bridgehead atoms. The number of ether oxygens (including phenoxy) is 1. The highest BCUT2D eigenvalue weighted by molar-refractivity contribution is 6.31. The topological polar surface area (TPSA) is 73.8 Å². The number of methoxy groups -OCH3 is 1. The standard InChI is InChI=1S/C21H27ClN6O2/c1-30-18-6-5-16(22)13-17(18)25-21(29)28-11-9-27(10-12-28)20-14-19(23-15-24-20)26-7-3-2-4-8-26/h5-6,13-15H,2-4,7-12H2,1H3,(H,25,29). The summed E-state index contributed by atoms with van der Waals surface area (Å²) in [6, 6.07) is 7.07. The first-order valence-electron chi connectivity index (χ1n) is 10.4. The number of carbonyl (C=O) groups is 1. The molecule has 2 aliphatic rings. The fourth-order valence-electron chi connectivity index (χ4n) is 3.92. The maximum Gasteiger partial charge on any atom is 0.322 e. The van der Waals surface area contributed by atoms with Crippen molar-refractivity contribution in [1.29, 1.82) is 0 Å². The molecule has 2 saturated heterocycles. The van der Waals surface area contributed by atoms with E-state index in [0.717, 1.165) is 37.8 Å². The molecule has 0 saturated carbocycles. The van der Waals surface area contributed by atoms with Gasteiger partial charge in [-0.15, -0.1) is 0 Å². The fraction of sp³-hybridized carbons (Fsp3) is 0.476. The Morgan fingerprint density at radius 3 is 2.30 bits per heavy atom. The third kappa shape index (κ3) is 4.70. The maximum atomic E-state index is 12.7. The molecule has 0 unspecified atom stereocenters. The number of hydrogen-bond donors (Lipinski definition) is 1. The van der Waals surface area contributed by atoms with Gasteiger partial charge in [-0.05, 0) is 37.5 Å². The van der Waals surface area contributed by atoms with Crippen LogP contribution in [0.1, 0.15) is 19.3 Å². The summed E-state index contributed by atoms with van der Waals surface area (Å²) in [5.74, 6) is 2.49. The van der Waals surface area contributed by atoms with Gasteiger partial charge in [-0.2, -0.15) is 0 Å². The Labute approximate surface area is 181 Å². The molecule has 160 valence electrons. The molecule has 30 heavy (non-hydrogen) atoms. The van der Waals surface area contributed by atoms with Crippen molar-refractivity contribution in [3.05, 3.63) is 35.6 Å². The maximum absolute atomic E-state index is 12.7. The number of urea groups is 1. The lowest BCUT2D eigenvalue weighted by atomic mass is 10.1. The van der Waals surface area contributed by atoms with Crippen molar-refractivity contribution in [2.45, 2.75) is 19.3 Å². The van der Waals surface area contributed by atoms with E-state index in [2.05, 4.69) is 31.2 Å². The van der Waals surface area contributed by atoms with E-state index in [1.807, 2.05) is 0 Å². The quantitative estimate of drug-likeness (QED) is 0.800. The molecule has 1 aromatic carbocycles. The number of benzene rings is 1. The van der Waals surface area contributed by atoms with Crippen molar-refractivity contribution in [3.8, 4) is 5.75 Å². The van der Waals surface area contributed by atoms with Crippen LogP contribution in [0.5, 0.6) is 5.75 Å². The molecule has 2 fully saturated rings. The molecule has 1 N–H and O–H groups in total. The number of amides is 2. The van der Waals surface area contributed by atoms with Gasteiger partial charge in [0, 0.05) is 50.4 Å². The van der Waals surface area contributed by atoms with Gasteiger partial charge in [-0.1, -0.05) is 11.6 Å². The van der Waals surface area contributed by atoms with E-state index >= 15 is 0 Å². The number of nitrogens with one attached hydrogen (secondary N) is 1. The Kier molecular flexibility index (Phi) is 6.42. The number of anilines is 3. The van der Waals surface area contributed by atoms with E-state index < -0.39 is 0 Å². The van der Waals surface area contributed by atoms with Crippen molar-refractivity contribution < 1.29 is 9.53 Å². The Bertz CT molecular complexity index is 882. The van der Waals surface area contributed by atoms with Gasteiger partial charge in [0.2, 0.25) is 0 Å². The number of aromatic nitrogens is 2. The zero-order valence-electron chi connectivity index (χ0n) is 17.2. The number of nitrogens with zero attached hydrogens (tertiary/aromatic N) is 5. The number of hydrogen-bond acceptors (Lipinski definition) is 6. The zero-order valence-corrected chi connectivity index (χ0v) is 17.9. The van der Waals surface area contributed by atoms with Crippen LogP contribution < -0.4 is 19.9 Å². The van der Waals surface area contributed by atoms with Gasteiger partial charge in [-0.25, -0.2) is 14.8 Å². The van der Waals surface area contributed by atoms with Crippen molar-refractivity contribution in [2.75, 3.05) is 61.5 Å². The Morgan fingerprint density at radius 2 is 1.63 bits per heavy atom. The van der Waals surface area contributed by atoms with Crippen LogP contribution in [0.25, 0.3) is 0 Å². The number of rotatable bonds is 4. The lowest BCUT2D eigenvalue weighted by Crippen LogP contribution is -2.50. The first kappa shape index (κ1) is 20.5. The second-order valence-electron chi connectivity index (χ2n) is 7.53. The Balaban J connectivity index is 1.36. The first-order chi connectivity index (χ1) is 14.6. The van der Waals surface area contributed by atoms with Gasteiger partial charge in [0.05, 0.1) is 12.8 Å². The molecule has 9 heteroatoms. The minimum atomic E-state index is -0.160. The molecule has 2 aliphatic heterocycles. The predicted molar refractivity (Wildman–Crippen MR) is 119 cm³/mol. The average molecular weight is 431 g/mol. The van der Waals surface area contributed by atoms with Crippen LogP contribution >= 0.6 is 11.6 Å². The van der Waals surface area contributed by atoms with E-state index in [4.69, 9.17) is 16.3 Å². The normalized spacial score (nSPS) is 17.1. The van der Waals surface area contributed by atoms with Gasteiger partial charge in [0.1, 0.15) is 23.7 Å². The molecule has 8 nitrogen and oxygen atoms in total. The molecule has 0 radical (unpaired) electrons. The number of piperazine rings is 1. The van der Waals surface area contributed by atoms with Gasteiger partial charge < -0.3 is 24.8 Å². The van der Waals surface area contributed by atoms with E-state index in [1.165, 1.54) is 19.3 Å². The van der Waals surface area contributed by atoms with E-state index in [9.17, 15) is 4.79 Å². The van der Waals surface area contributed by atoms with Crippen molar-refractivity contribution in [3.63, 3.8) is 0 Å². The van der Waals surface area contributed by atoms with Crippen molar-refractivity contribution in [1.82, 2.24) is 14.9 Å². The largest absolute Gasteiger partial charge is 0.495 e. The third-order valence-electron chi connectivity index (χ3n) is 5.61. The molecule has 0 spiro atoms. The van der Waals surface area contributed by atoms with Crippen LogP contribution in [-0.4, -0.2) is 67.3 Å². The SMILES string of the molecule is COc1ccc(Cl)cc1NC(=O)N1CCN(c2cc(N3CCCCC3)ncn2)CC1. The smallest absolute Gasteiger partial charge is 0.322 e. The summed E-state index contributed by atoms with van der Waals surface area (Å²) >= 11 is 6.06. The molecular formula is C21H27ClN6O2. The monoisotopic (exact) mass is 430 g/mol. The number of carbonyl (C=O) groups excluding carboxylic acids is 1. The number of piperidine rings is 1. The summed E-state index contributed by atoms with van der Waals surface area (Å²) in [6.45, 7) is 4.76. The van der Waals surface area contributed by atoms with E-state index in [0.29, 0.717) is 29.5 Å². The molecule has 0 atom stereocenters. The summed E-state index contributed by atoms with van der Waals surface area (Å²) in [7, 11) is 1.57. The van der Waals surface area contributed by atoms with Crippen LogP contribution in [0.2, 0.25) is 5.02 Å². The van der Waals surface area contributed by atoms with Gasteiger partial charge in [-0.3, -0.25) is 0 Å². The van der Waals surface area contributed by atoms with Crippen LogP contribution in [0.4, 0.5) is 22.1 Å². The molecule has 1 aromatic heterocycles. The van der Waals surface area contributed by atoms with Crippen molar-refractivity contribution >= 4 is 35.0 Å². The van der Waals surface area contributed by atoms with Crippen LogP contribution in [0.15, 0.2) is 30.6 Å². The Morgan fingerprint density at radius 1 is 0.967 bits per heavy atom. The second kappa shape index (κ2) is 9.38. The lowest BCUT2D eigenvalue weighted by molar-refractivity contribution is 0.208. The highest BCUT2D eigenvalue weighted by Crippen LogP contribution is 2.28. The first-order valence-corrected chi connectivity index (χ1v) is 10.7. The molecule has 3 heterocycles. The summed E-state index contributed by atoms with van der Waals surface area (Å²) < 4.78 is 5.31. The highest BCUT2D eigenvalue weighted by atomic mass is 35.5. The van der Waals surface area contributed by atoms with Crippen molar-refractivity contribution in [2.24, 2.45) is 0 Å². The zero-order chi connectivity index (χ0) is 20.9. The Hall–Kier alpha value is -2.74. The predicted octanol–water partition coefficient (Wildman–Crippen LogP) is 3.48. The summed E-state index contributed by atoms with van der Waals surface area (Å²) in [5.41, 5.74) is 0.569. The molecule has 2 amide bonds. The third-order valence-corrected chi connectivity index (χ3v) is 5.85. The number of halogens is 1. The lowest BCUT2D eigenvalue weighted by Gasteiger charge is -2.36. The van der Waals surface area contributed by atoms with E-state index in [1.54, 1.807) is 36.5 Å². The van der Waals surface area contributed by atoms with E-state index in [-0.39, 0.29) is 6.03 Å². The summed E-state index contributed by atoms with van der Waals surface area (Å²) in [6.07, 6.45) is 5.36. The van der Waals surface area contributed by atoms with Gasteiger partial charge in [0.15, 0.2) is 0 Å². The van der Waals surface area contributed by atoms with Crippen LogP contribution in [0, 0.1) is 0 Å². The second-order valence-corrected chi connectivity index (χ2v) is 7.97. The summed E-state index contributed by atoms with van der Waals surface area (Å²) in [4.78, 5) is 28.0. The molecule has 4 rings (SSSR count). The van der Waals surface area contributed by atoms with Gasteiger partial charge >= 0.3 is 6.03 Å². The minimum absolute atomic E-state index is 0.160. The summed E-state index contributed by atoms with van der Waals surface area (Å²) in [5, 5.41) is 3.45. The van der Waals surface area contributed by atoms with Crippen LogP contribution in [0.3, 0.4) is 0 Å². The molecular weight excluding hydrogens is 404 g/mol. The fourth-order valence-corrected chi connectivity index (χ4v) is 4.09. The average Bonchev–Trinajstić information content (AvgIpc) is 2.80. The molecule has 2 aromatic rings. The minimum Gasteiger partial charge on any atom is -0.495 e. The van der Waals surface area contributed by atoms with Gasteiger partial charge in [0.25, 0.3) is 0 Å². The highest BCUT2D eigenvalue weighted by Gasteiger charge is 2.23.